The molecule has 0 spiro atoms. The second kappa shape index (κ2) is 7.85. The average Bonchev–Trinajstić information content (AvgIpc) is 3.00. The van der Waals surface area contributed by atoms with E-state index in [0.717, 1.165) is 30.7 Å². The molecule has 0 aromatic heterocycles. The molecule has 0 atom stereocenters. The zero-order valence-electron chi connectivity index (χ0n) is 15.9. The van der Waals surface area contributed by atoms with Crippen LogP contribution in [0.4, 0.5) is 13.2 Å². The third-order valence-corrected chi connectivity index (χ3v) is 4.97. The number of nitrogens with zero attached hydrogens (tertiary/aromatic N) is 3. The van der Waals surface area contributed by atoms with Crippen LogP contribution in [0, 0.1) is 11.3 Å². The summed E-state index contributed by atoms with van der Waals surface area (Å²) < 4.78 is 38.4. The van der Waals surface area contributed by atoms with Gasteiger partial charge in [0.1, 0.15) is 0 Å². The van der Waals surface area contributed by atoms with E-state index in [0.29, 0.717) is 23.2 Å². The van der Waals surface area contributed by atoms with Gasteiger partial charge in [-0.25, -0.2) is 0 Å². The molecule has 3 nitrogen and oxygen atoms in total. The highest BCUT2D eigenvalue weighted by atomic mass is 19.4. The van der Waals surface area contributed by atoms with Crippen LogP contribution in [-0.4, -0.2) is 41.8 Å². The maximum atomic E-state index is 12.8. The molecule has 2 rings (SSSR count). The molecule has 0 radical (unpaired) electrons. The molecule has 0 saturated carbocycles. The van der Waals surface area contributed by atoms with Crippen LogP contribution in [0.5, 0.6) is 0 Å². The van der Waals surface area contributed by atoms with Crippen molar-refractivity contribution in [1.82, 2.24) is 9.62 Å². The summed E-state index contributed by atoms with van der Waals surface area (Å²) in [6.45, 7) is 12.2. The monoisotopic (exact) mass is 363 g/mol. The van der Waals surface area contributed by atoms with Gasteiger partial charge in [0.05, 0.1) is 17.2 Å². The zero-order chi connectivity index (χ0) is 19.6. The molecule has 7 heteroatoms. The van der Waals surface area contributed by atoms with Gasteiger partial charge in [0, 0.05) is 13.1 Å². The first-order chi connectivity index (χ1) is 12.1. The van der Waals surface area contributed by atoms with E-state index in [2.05, 4.69) is 43.4 Å². The SMILES string of the molecule is C/C(B1N(C(C)C)CCN1C(C)C)=C(/C#N)c1ccc(C(F)(F)F)cc1. The summed E-state index contributed by atoms with van der Waals surface area (Å²) in [4.78, 5) is 4.66. The highest BCUT2D eigenvalue weighted by molar-refractivity contribution is 6.63. The Morgan fingerprint density at radius 1 is 1.04 bits per heavy atom. The van der Waals surface area contributed by atoms with Gasteiger partial charge in [0.25, 0.3) is 0 Å². The van der Waals surface area contributed by atoms with Crippen LogP contribution in [-0.2, 0) is 6.18 Å². The smallest absolute Gasteiger partial charge is 0.321 e. The second-order valence-electron chi connectivity index (χ2n) is 7.28. The first kappa shape index (κ1) is 20.5. The molecule has 1 aromatic rings. The number of hydrogen-bond acceptors (Lipinski definition) is 3. The Morgan fingerprint density at radius 2 is 1.50 bits per heavy atom. The zero-order valence-corrected chi connectivity index (χ0v) is 15.9. The lowest BCUT2D eigenvalue weighted by Crippen LogP contribution is -2.50. The number of hydrogen-bond donors (Lipinski definition) is 0. The van der Waals surface area contributed by atoms with Crippen molar-refractivity contribution < 1.29 is 13.2 Å². The fraction of sp³-hybridized carbons (Fsp3) is 0.526. The summed E-state index contributed by atoms with van der Waals surface area (Å²) >= 11 is 0. The standard InChI is InChI=1S/C19H25BF3N3/c1-13(2)25-10-11-26(14(3)4)20(25)15(5)18(12-24)16-6-8-17(9-7-16)19(21,22)23/h6-9,13-14H,10-11H2,1-5H3/b18-15+. The van der Waals surface area contributed by atoms with Crippen molar-refractivity contribution in [1.29, 1.82) is 5.26 Å². The van der Waals surface area contributed by atoms with E-state index in [9.17, 15) is 18.4 Å². The Balaban J connectivity index is 2.47. The largest absolute Gasteiger partial charge is 0.416 e. The number of allylic oxidation sites excluding steroid dienone is 2. The first-order valence-electron chi connectivity index (χ1n) is 8.88. The third kappa shape index (κ3) is 4.13. The van der Waals surface area contributed by atoms with Gasteiger partial charge in [-0.15, -0.1) is 0 Å². The van der Waals surface area contributed by atoms with Crippen LogP contribution >= 0.6 is 0 Å². The molecule has 1 aliphatic rings. The number of nitriles is 1. The molecule has 1 aliphatic heterocycles. The minimum atomic E-state index is -4.38. The summed E-state index contributed by atoms with van der Waals surface area (Å²) in [5.41, 5.74) is 1.15. The molecule has 1 saturated heterocycles. The molecule has 26 heavy (non-hydrogen) atoms. The van der Waals surface area contributed by atoms with Gasteiger partial charge in [0.2, 0.25) is 0 Å². The van der Waals surface area contributed by atoms with Crippen molar-refractivity contribution in [3.63, 3.8) is 0 Å². The summed E-state index contributed by atoms with van der Waals surface area (Å²) in [5.74, 6) is 0. The van der Waals surface area contributed by atoms with Crippen molar-refractivity contribution in [3.05, 3.63) is 40.9 Å². The van der Waals surface area contributed by atoms with E-state index in [1.54, 1.807) is 0 Å². The van der Waals surface area contributed by atoms with E-state index < -0.39 is 11.7 Å². The van der Waals surface area contributed by atoms with Gasteiger partial charge in [-0.1, -0.05) is 45.3 Å². The quantitative estimate of drug-likeness (QED) is 0.584. The molecular weight excluding hydrogens is 338 g/mol. The molecular formula is C19H25BF3N3. The van der Waals surface area contributed by atoms with Crippen LogP contribution in [0.3, 0.4) is 0 Å². The van der Waals surface area contributed by atoms with E-state index in [4.69, 9.17) is 0 Å². The number of alkyl halides is 3. The van der Waals surface area contributed by atoms with E-state index in [1.807, 2.05) is 6.92 Å². The van der Waals surface area contributed by atoms with Crippen molar-refractivity contribution in [2.75, 3.05) is 13.1 Å². The summed E-state index contributed by atoms with van der Waals surface area (Å²) in [6.07, 6.45) is -4.38. The van der Waals surface area contributed by atoms with E-state index in [1.165, 1.54) is 12.1 Å². The van der Waals surface area contributed by atoms with Gasteiger partial charge < -0.3 is 9.62 Å². The molecule has 0 N–H and O–H groups in total. The maximum absolute atomic E-state index is 12.8. The first-order valence-corrected chi connectivity index (χ1v) is 8.88. The van der Waals surface area contributed by atoms with Crippen LogP contribution in [0.15, 0.2) is 29.7 Å². The Hall–Kier alpha value is -1.78. The molecule has 1 heterocycles. The van der Waals surface area contributed by atoms with E-state index >= 15 is 0 Å². The fourth-order valence-electron chi connectivity index (χ4n) is 3.58. The molecule has 1 fully saturated rings. The molecule has 0 amide bonds. The van der Waals surface area contributed by atoms with Crippen molar-refractivity contribution >= 4 is 12.6 Å². The fourth-order valence-corrected chi connectivity index (χ4v) is 3.58. The normalized spacial score (nSPS) is 17.8. The average molecular weight is 363 g/mol. The minimum Gasteiger partial charge on any atom is -0.321 e. The van der Waals surface area contributed by atoms with E-state index in [-0.39, 0.29) is 6.98 Å². The van der Waals surface area contributed by atoms with Gasteiger partial charge in [-0.05, 0) is 36.7 Å². The third-order valence-electron chi connectivity index (χ3n) is 4.97. The number of rotatable bonds is 4. The maximum Gasteiger partial charge on any atom is 0.416 e. The molecule has 0 bridgehead atoms. The molecule has 0 unspecified atom stereocenters. The van der Waals surface area contributed by atoms with Crippen molar-refractivity contribution in [2.24, 2.45) is 0 Å². The number of halogens is 3. The van der Waals surface area contributed by atoms with Crippen LogP contribution in [0.1, 0.15) is 45.7 Å². The highest BCUT2D eigenvalue weighted by Gasteiger charge is 2.41. The van der Waals surface area contributed by atoms with Gasteiger partial charge in [-0.2, -0.15) is 18.4 Å². The molecule has 0 aliphatic carbocycles. The lowest BCUT2D eigenvalue weighted by molar-refractivity contribution is -0.137. The predicted molar refractivity (Wildman–Crippen MR) is 99.1 cm³/mol. The van der Waals surface area contributed by atoms with Gasteiger partial charge >= 0.3 is 13.2 Å². The molecule has 1 aromatic carbocycles. The summed E-state index contributed by atoms with van der Waals surface area (Å²) in [6, 6.07) is 7.69. The minimum absolute atomic E-state index is 0.0213. The Morgan fingerprint density at radius 3 is 1.85 bits per heavy atom. The van der Waals surface area contributed by atoms with Crippen LogP contribution in [0.2, 0.25) is 0 Å². The molecule has 140 valence electrons. The lowest BCUT2D eigenvalue weighted by Gasteiger charge is -2.32. The Labute approximate surface area is 154 Å². The van der Waals surface area contributed by atoms with Gasteiger partial charge in [-0.3, -0.25) is 0 Å². The topological polar surface area (TPSA) is 30.3 Å². The van der Waals surface area contributed by atoms with Crippen molar-refractivity contribution in [2.45, 2.75) is 52.9 Å². The predicted octanol–water partition coefficient (Wildman–Crippen LogP) is 4.46. The highest BCUT2D eigenvalue weighted by Crippen LogP contribution is 2.32. The summed E-state index contributed by atoms with van der Waals surface area (Å²) in [7, 11) is 0. The van der Waals surface area contributed by atoms with Crippen LogP contribution < -0.4 is 0 Å². The van der Waals surface area contributed by atoms with Gasteiger partial charge in [0.15, 0.2) is 0 Å². The van der Waals surface area contributed by atoms with Crippen molar-refractivity contribution in [3.8, 4) is 6.07 Å². The lowest BCUT2D eigenvalue weighted by atomic mass is 9.62. The number of benzene rings is 1. The second-order valence-corrected chi connectivity index (χ2v) is 7.28. The Kier molecular flexibility index (Phi) is 6.20. The summed E-state index contributed by atoms with van der Waals surface area (Å²) in [5, 5.41) is 9.72. The van der Waals surface area contributed by atoms with Crippen LogP contribution in [0.25, 0.3) is 5.57 Å². The Bertz CT molecular complexity index is 686.